The van der Waals surface area contributed by atoms with E-state index in [9.17, 15) is 4.79 Å². The number of aromatic nitrogens is 1. The molecule has 0 bridgehead atoms. The molecule has 4 nitrogen and oxygen atoms in total. The lowest BCUT2D eigenvalue weighted by molar-refractivity contribution is 0.0946. The topological polar surface area (TPSA) is 48.1 Å². The summed E-state index contributed by atoms with van der Waals surface area (Å²) in [6.45, 7) is 8.06. The van der Waals surface area contributed by atoms with Gasteiger partial charge in [0.2, 0.25) is 0 Å². The third-order valence-corrected chi connectivity index (χ3v) is 5.27. The van der Waals surface area contributed by atoms with E-state index in [1.54, 1.807) is 0 Å². The Balaban J connectivity index is 0.000000880. The van der Waals surface area contributed by atoms with Crippen molar-refractivity contribution in [1.82, 2.24) is 15.2 Å². The molecule has 136 valence electrons. The number of nitrogens with one attached hydrogen (secondary N) is 2. The summed E-state index contributed by atoms with van der Waals surface area (Å²) in [6.07, 6.45) is 7.44. The summed E-state index contributed by atoms with van der Waals surface area (Å²) in [5.41, 5.74) is 4.73. The van der Waals surface area contributed by atoms with Gasteiger partial charge in [-0.3, -0.25) is 4.79 Å². The van der Waals surface area contributed by atoms with Crippen LogP contribution in [0.1, 0.15) is 61.1 Å². The van der Waals surface area contributed by atoms with Gasteiger partial charge in [-0.1, -0.05) is 20.3 Å². The Morgan fingerprint density at radius 3 is 2.72 bits per heavy atom. The van der Waals surface area contributed by atoms with E-state index < -0.39 is 0 Å². The molecule has 1 aromatic heterocycles. The highest BCUT2D eigenvalue weighted by atomic mass is 16.1. The fourth-order valence-electron chi connectivity index (χ4n) is 4.00. The van der Waals surface area contributed by atoms with Gasteiger partial charge < -0.3 is 15.2 Å². The second-order valence-electron chi connectivity index (χ2n) is 6.85. The number of aromatic amines is 1. The monoisotopic (exact) mass is 341 g/mol. The first-order valence-corrected chi connectivity index (χ1v) is 9.95. The lowest BCUT2D eigenvalue weighted by Gasteiger charge is -2.26. The van der Waals surface area contributed by atoms with Crippen molar-refractivity contribution in [3.63, 3.8) is 0 Å². The first kappa shape index (κ1) is 18.0. The van der Waals surface area contributed by atoms with Crippen molar-refractivity contribution in [3.05, 3.63) is 35.0 Å². The maximum Gasteiger partial charge on any atom is 0.251 e. The predicted molar refractivity (Wildman–Crippen MR) is 104 cm³/mol. The molecule has 2 N–H and O–H groups in total. The van der Waals surface area contributed by atoms with Crippen LogP contribution in [0.3, 0.4) is 0 Å². The van der Waals surface area contributed by atoms with Crippen LogP contribution in [0, 0.1) is 0 Å². The molecule has 1 fully saturated rings. The summed E-state index contributed by atoms with van der Waals surface area (Å²) in [4.78, 5) is 18.4. The zero-order chi connectivity index (χ0) is 17.6. The molecule has 1 aliphatic carbocycles. The molecule has 4 heteroatoms. The highest BCUT2D eigenvalue weighted by molar-refractivity contribution is 5.99. The molecule has 0 radical (unpaired) electrons. The van der Waals surface area contributed by atoms with E-state index in [0.717, 1.165) is 31.5 Å². The van der Waals surface area contributed by atoms with E-state index >= 15 is 0 Å². The molecule has 0 unspecified atom stereocenters. The van der Waals surface area contributed by atoms with Crippen LogP contribution in [0.4, 0.5) is 0 Å². The number of nitrogens with zero attached hydrogens (tertiary/aromatic N) is 1. The average Bonchev–Trinajstić information content (AvgIpc) is 3.25. The van der Waals surface area contributed by atoms with Crippen molar-refractivity contribution in [2.45, 2.75) is 52.4 Å². The maximum atomic E-state index is 12.4. The minimum Gasteiger partial charge on any atom is -0.358 e. The van der Waals surface area contributed by atoms with Crippen LogP contribution < -0.4 is 5.32 Å². The van der Waals surface area contributed by atoms with Gasteiger partial charge in [-0.15, -0.1) is 0 Å². The van der Waals surface area contributed by atoms with Gasteiger partial charge in [0.05, 0.1) is 0 Å². The predicted octanol–water partition coefficient (Wildman–Crippen LogP) is 3.90. The van der Waals surface area contributed by atoms with E-state index in [1.165, 1.54) is 60.9 Å². The Morgan fingerprint density at radius 2 is 1.92 bits per heavy atom. The van der Waals surface area contributed by atoms with Gasteiger partial charge in [0.1, 0.15) is 0 Å². The van der Waals surface area contributed by atoms with Crippen LogP contribution in [-0.2, 0) is 12.8 Å². The molecule has 0 atom stereocenters. The quantitative estimate of drug-likeness (QED) is 0.886. The normalized spacial score (nSPS) is 17.0. The van der Waals surface area contributed by atoms with Gasteiger partial charge in [-0.25, -0.2) is 0 Å². The molecule has 0 saturated carbocycles. The molecule has 1 saturated heterocycles. The minimum absolute atomic E-state index is 0.0526. The van der Waals surface area contributed by atoms with Crippen molar-refractivity contribution in [2.75, 3.05) is 26.2 Å². The SMILES string of the molecule is CC.O=C(NCCN1CCCCC1)c1ccc2[nH]c3c(c2c1)CCC3. The van der Waals surface area contributed by atoms with E-state index in [2.05, 4.69) is 21.3 Å². The summed E-state index contributed by atoms with van der Waals surface area (Å²) in [5, 5.41) is 4.32. The maximum absolute atomic E-state index is 12.4. The molecule has 25 heavy (non-hydrogen) atoms. The Labute approximate surface area is 151 Å². The Bertz CT molecular complexity index is 713. The molecule has 1 amide bonds. The molecular weight excluding hydrogens is 310 g/mol. The Hall–Kier alpha value is -1.81. The van der Waals surface area contributed by atoms with E-state index in [0.29, 0.717) is 0 Å². The second kappa shape index (κ2) is 8.52. The number of aryl methyl sites for hydroxylation is 2. The van der Waals surface area contributed by atoms with Crippen molar-refractivity contribution >= 4 is 16.8 Å². The van der Waals surface area contributed by atoms with E-state index in [1.807, 2.05) is 26.0 Å². The number of carbonyl (C=O) groups is 1. The van der Waals surface area contributed by atoms with Gasteiger partial charge in [0.25, 0.3) is 5.91 Å². The summed E-state index contributed by atoms with van der Waals surface area (Å²) >= 11 is 0. The third-order valence-electron chi connectivity index (χ3n) is 5.27. The molecule has 2 aliphatic rings. The van der Waals surface area contributed by atoms with Crippen molar-refractivity contribution < 1.29 is 4.79 Å². The largest absolute Gasteiger partial charge is 0.358 e. The number of fused-ring (bicyclic) bond motifs is 3. The lowest BCUT2D eigenvalue weighted by atomic mass is 10.1. The number of rotatable bonds is 4. The van der Waals surface area contributed by atoms with Crippen LogP contribution in [0.25, 0.3) is 10.9 Å². The third kappa shape index (κ3) is 4.06. The fraction of sp³-hybridized carbons (Fsp3) is 0.571. The summed E-state index contributed by atoms with van der Waals surface area (Å²) in [5.74, 6) is 0.0526. The Kier molecular flexibility index (Phi) is 6.14. The molecule has 1 aromatic carbocycles. The van der Waals surface area contributed by atoms with Crippen LogP contribution in [0.15, 0.2) is 18.2 Å². The zero-order valence-corrected chi connectivity index (χ0v) is 15.7. The van der Waals surface area contributed by atoms with Gasteiger partial charge in [-0.2, -0.15) is 0 Å². The van der Waals surface area contributed by atoms with Crippen molar-refractivity contribution in [1.29, 1.82) is 0 Å². The van der Waals surface area contributed by atoms with E-state index in [-0.39, 0.29) is 5.91 Å². The summed E-state index contributed by atoms with van der Waals surface area (Å²) < 4.78 is 0. The molecule has 0 spiro atoms. The molecule has 2 heterocycles. The second-order valence-corrected chi connectivity index (χ2v) is 6.85. The molecule has 1 aliphatic heterocycles. The minimum atomic E-state index is 0.0526. The highest BCUT2D eigenvalue weighted by Gasteiger charge is 2.18. The van der Waals surface area contributed by atoms with Crippen molar-refractivity contribution in [3.8, 4) is 0 Å². The summed E-state index contributed by atoms with van der Waals surface area (Å²) in [6, 6.07) is 6.05. The van der Waals surface area contributed by atoms with Crippen LogP contribution >= 0.6 is 0 Å². The molecular formula is C21H31N3O. The number of piperidine rings is 1. The average molecular weight is 341 g/mol. The van der Waals surface area contributed by atoms with Crippen LogP contribution in [0.2, 0.25) is 0 Å². The first-order chi connectivity index (χ1) is 12.3. The Morgan fingerprint density at radius 1 is 1.12 bits per heavy atom. The van der Waals surface area contributed by atoms with Gasteiger partial charge in [0, 0.05) is 35.2 Å². The number of H-pyrrole nitrogens is 1. The standard InChI is InChI=1S/C19H25N3O.C2H6/c23-19(20-9-12-22-10-2-1-3-11-22)14-7-8-18-16(13-14)15-5-4-6-17(15)21-18;1-2/h7-8,13,21H,1-6,9-12H2,(H,20,23);1-2H3. The lowest BCUT2D eigenvalue weighted by Crippen LogP contribution is -2.37. The number of amides is 1. The number of carbonyl (C=O) groups excluding carboxylic acids is 1. The highest BCUT2D eigenvalue weighted by Crippen LogP contribution is 2.30. The zero-order valence-electron chi connectivity index (χ0n) is 15.7. The van der Waals surface area contributed by atoms with Gasteiger partial charge in [0.15, 0.2) is 0 Å². The molecule has 4 rings (SSSR count). The van der Waals surface area contributed by atoms with Crippen LogP contribution in [0.5, 0.6) is 0 Å². The van der Waals surface area contributed by atoms with Gasteiger partial charge >= 0.3 is 0 Å². The summed E-state index contributed by atoms with van der Waals surface area (Å²) in [7, 11) is 0. The van der Waals surface area contributed by atoms with Gasteiger partial charge in [-0.05, 0) is 69.0 Å². The van der Waals surface area contributed by atoms with Crippen molar-refractivity contribution in [2.24, 2.45) is 0 Å². The number of hydrogen-bond donors (Lipinski definition) is 2. The fourth-order valence-corrected chi connectivity index (χ4v) is 4.00. The van der Waals surface area contributed by atoms with Crippen LogP contribution in [-0.4, -0.2) is 42.0 Å². The number of benzene rings is 1. The van der Waals surface area contributed by atoms with E-state index in [4.69, 9.17) is 0 Å². The number of hydrogen-bond acceptors (Lipinski definition) is 2. The smallest absolute Gasteiger partial charge is 0.251 e. The first-order valence-electron chi connectivity index (χ1n) is 9.95. The number of likely N-dealkylation sites (tertiary alicyclic amines) is 1. The molecule has 2 aromatic rings.